The number of para-hydroxylation sites is 1. The number of hydrogen-bond acceptors (Lipinski definition) is 4. The Morgan fingerprint density at radius 2 is 1.80 bits per heavy atom. The number of rotatable bonds is 6. The van der Waals surface area contributed by atoms with Gasteiger partial charge in [0.1, 0.15) is 6.04 Å². The van der Waals surface area contributed by atoms with Gasteiger partial charge in [0.25, 0.3) is 0 Å². The summed E-state index contributed by atoms with van der Waals surface area (Å²) in [5.41, 5.74) is 0.446. The molecule has 1 aromatic rings. The van der Waals surface area contributed by atoms with Crippen LogP contribution in [0.4, 0.5) is 5.69 Å². The van der Waals surface area contributed by atoms with Gasteiger partial charge in [-0.05, 0) is 25.0 Å². The molecule has 1 rings (SSSR count). The van der Waals surface area contributed by atoms with Crippen molar-refractivity contribution in [2.24, 2.45) is 5.92 Å². The van der Waals surface area contributed by atoms with Gasteiger partial charge in [0.2, 0.25) is 5.91 Å². The zero-order valence-corrected chi connectivity index (χ0v) is 13.1. The van der Waals surface area contributed by atoms with Gasteiger partial charge in [0, 0.05) is 12.8 Å². The predicted molar refractivity (Wildman–Crippen MR) is 80.5 cm³/mol. The van der Waals surface area contributed by atoms with Gasteiger partial charge in [-0.15, -0.1) is 0 Å². The minimum Gasteiger partial charge on any atom is -0.373 e. The predicted octanol–water partition coefficient (Wildman–Crippen LogP) is 1.66. The third-order valence-corrected chi connectivity index (χ3v) is 3.89. The van der Waals surface area contributed by atoms with Crippen LogP contribution in [-0.4, -0.2) is 33.2 Å². The number of nitrogens with one attached hydrogen (secondary N) is 2. The average Bonchev–Trinajstić information content (AvgIpc) is 2.35. The van der Waals surface area contributed by atoms with E-state index < -0.39 is 15.9 Å². The van der Waals surface area contributed by atoms with E-state index in [1.165, 1.54) is 6.07 Å². The van der Waals surface area contributed by atoms with Crippen LogP contribution < -0.4 is 10.6 Å². The van der Waals surface area contributed by atoms with Crippen LogP contribution in [0.3, 0.4) is 0 Å². The van der Waals surface area contributed by atoms with Crippen LogP contribution in [0, 0.1) is 5.92 Å². The van der Waals surface area contributed by atoms with E-state index in [2.05, 4.69) is 10.6 Å². The van der Waals surface area contributed by atoms with Crippen LogP contribution in [0.1, 0.15) is 20.8 Å². The fourth-order valence-electron chi connectivity index (χ4n) is 1.67. The topological polar surface area (TPSA) is 75.3 Å². The standard InChI is InChI=1S/C14H22N2O3S/c1-10(2)9-15-14(17)11(3)16-12-7-5-6-8-13(12)20(4,18)19/h5-8,10-11,16H,9H2,1-4H3,(H,15,17). The van der Waals surface area contributed by atoms with Gasteiger partial charge in [0.15, 0.2) is 9.84 Å². The maximum atomic E-state index is 11.9. The molecule has 0 radical (unpaired) electrons. The van der Waals surface area contributed by atoms with Crippen molar-refractivity contribution in [2.45, 2.75) is 31.7 Å². The summed E-state index contributed by atoms with van der Waals surface area (Å²) in [5, 5.41) is 5.76. The minimum atomic E-state index is -3.32. The highest BCUT2D eigenvalue weighted by Crippen LogP contribution is 2.21. The third kappa shape index (κ3) is 4.85. The molecular formula is C14H22N2O3S. The van der Waals surface area contributed by atoms with Crippen LogP contribution in [0.15, 0.2) is 29.2 Å². The Labute approximate surface area is 120 Å². The van der Waals surface area contributed by atoms with E-state index in [0.717, 1.165) is 6.26 Å². The Morgan fingerprint density at radius 3 is 2.35 bits per heavy atom. The molecular weight excluding hydrogens is 276 g/mol. The van der Waals surface area contributed by atoms with Crippen molar-refractivity contribution in [2.75, 3.05) is 18.1 Å². The smallest absolute Gasteiger partial charge is 0.242 e. The van der Waals surface area contributed by atoms with Gasteiger partial charge < -0.3 is 10.6 Å². The molecule has 1 aromatic carbocycles. The van der Waals surface area contributed by atoms with Gasteiger partial charge in [-0.1, -0.05) is 26.0 Å². The Morgan fingerprint density at radius 1 is 1.20 bits per heavy atom. The van der Waals surface area contributed by atoms with Crippen LogP contribution in [-0.2, 0) is 14.6 Å². The number of anilines is 1. The Kier molecular flexibility index (Phi) is 5.56. The first kappa shape index (κ1) is 16.5. The first-order valence-corrected chi connectivity index (χ1v) is 8.44. The van der Waals surface area contributed by atoms with E-state index in [4.69, 9.17) is 0 Å². The van der Waals surface area contributed by atoms with Crippen molar-refractivity contribution in [3.63, 3.8) is 0 Å². The molecule has 2 N–H and O–H groups in total. The second-order valence-electron chi connectivity index (χ2n) is 5.27. The zero-order chi connectivity index (χ0) is 15.3. The first-order chi connectivity index (χ1) is 9.21. The molecule has 20 heavy (non-hydrogen) atoms. The number of benzene rings is 1. The van der Waals surface area contributed by atoms with Crippen molar-refractivity contribution in [3.8, 4) is 0 Å². The van der Waals surface area contributed by atoms with Gasteiger partial charge in [-0.3, -0.25) is 4.79 Å². The van der Waals surface area contributed by atoms with Crippen molar-refractivity contribution >= 4 is 21.4 Å². The highest BCUT2D eigenvalue weighted by molar-refractivity contribution is 7.90. The Bertz CT molecular complexity index is 568. The molecule has 1 amide bonds. The highest BCUT2D eigenvalue weighted by atomic mass is 32.2. The summed E-state index contributed by atoms with van der Waals surface area (Å²) >= 11 is 0. The molecule has 0 aliphatic carbocycles. The van der Waals surface area contributed by atoms with Gasteiger partial charge in [0.05, 0.1) is 10.6 Å². The monoisotopic (exact) mass is 298 g/mol. The summed E-state index contributed by atoms with van der Waals surface area (Å²) in [7, 11) is -3.32. The molecule has 0 aliphatic heterocycles. The molecule has 0 bridgehead atoms. The van der Waals surface area contributed by atoms with Gasteiger partial charge >= 0.3 is 0 Å². The molecule has 1 unspecified atom stereocenters. The molecule has 0 saturated heterocycles. The van der Waals surface area contributed by atoms with Crippen LogP contribution in [0.5, 0.6) is 0 Å². The molecule has 112 valence electrons. The van der Waals surface area contributed by atoms with E-state index >= 15 is 0 Å². The second-order valence-corrected chi connectivity index (χ2v) is 7.26. The van der Waals surface area contributed by atoms with E-state index in [9.17, 15) is 13.2 Å². The van der Waals surface area contributed by atoms with Crippen LogP contribution in [0.2, 0.25) is 0 Å². The van der Waals surface area contributed by atoms with E-state index in [1.54, 1.807) is 25.1 Å². The van der Waals surface area contributed by atoms with Crippen molar-refractivity contribution in [1.29, 1.82) is 0 Å². The molecule has 0 spiro atoms. The zero-order valence-electron chi connectivity index (χ0n) is 12.3. The lowest BCUT2D eigenvalue weighted by molar-refractivity contribution is -0.121. The SMILES string of the molecule is CC(C)CNC(=O)C(C)Nc1ccccc1S(C)(=O)=O. The van der Waals surface area contributed by atoms with E-state index in [-0.39, 0.29) is 10.8 Å². The summed E-state index contributed by atoms with van der Waals surface area (Å²) in [6, 6.07) is 6.07. The third-order valence-electron chi connectivity index (χ3n) is 2.74. The molecule has 0 fully saturated rings. The second kappa shape index (κ2) is 6.74. The Balaban J connectivity index is 2.81. The maximum absolute atomic E-state index is 11.9. The summed E-state index contributed by atoms with van der Waals surface area (Å²) in [6.07, 6.45) is 1.15. The molecule has 0 heterocycles. The fourth-order valence-corrected chi connectivity index (χ4v) is 2.52. The summed E-state index contributed by atoms with van der Waals surface area (Å²) in [4.78, 5) is 12.1. The number of amides is 1. The van der Waals surface area contributed by atoms with Crippen LogP contribution in [0.25, 0.3) is 0 Å². The molecule has 1 atom stereocenters. The van der Waals surface area contributed by atoms with Crippen LogP contribution >= 0.6 is 0 Å². The average molecular weight is 298 g/mol. The molecule has 5 nitrogen and oxygen atoms in total. The summed E-state index contributed by atoms with van der Waals surface area (Å²) in [6.45, 7) is 6.32. The van der Waals surface area contributed by atoms with Gasteiger partial charge in [-0.2, -0.15) is 0 Å². The normalized spacial score (nSPS) is 13.1. The lowest BCUT2D eigenvalue weighted by Gasteiger charge is -2.18. The van der Waals surface area contributed by atoms with Crippen molar-refractivity contribution in [1.82, 2.24) is 5.32 Å². The van der Waals surface area contributed by atoms with E-state index in [0.29, 0.717) is 18.2 Å². The summed E-state index contributed by atoms with van der Waals surface area (Å²) < 4.78 is 23.4. The fraction of sp³-hybridized carbons (Fsp3) is 0.500. The quantitative estimate of drug-likeness (QED) is 0.837. The largest absolute Gasteiger partial charge is 0.373 e. The van der Waals surface area contributed by atoms with E-state index in [1.807, 2.05) is 13.8 Å². The maximum Gasteiger partial charge on any atom is 0.242 e. The Hall–Kier alpha value is -1.56. The van der Waals surface area contributed by atoms with Gasteiger partial charge in [-0.25, -0.2) is 8.42 Å². The molecule has 0 aliphatic rings. The minimum absolute atomic E-state index is 0.151. The number of carbonyl (C=O) groups is 1. The first-order valence-electron chi connectivity index (χ1n) is 6.55. The number of sulfone groups is 1. The van der Waals surface area contributed by atoms with Crippen molar-refractivity contribution < 1.29 is 13.2 Å². The lowest BCUT2D eigenvalue weighted by atomic mass is 10.2. The number of carbonyl (C=O) groups excluding carboxylic acids is 1. The highest BCUT2D eigenvalue weighted by Gasteiger charge is 2.17. The lowest BCUT2D eigenvalue weighted by Crippen LogP contribution is -2.39. The molecule has 0 saturated carbocycles. The summed E-state index contributed by atoms with van der Waals surface area (Å²) in [5.74, 6) is 0.219. The van der Waals surface area contributed by atoms with Crippen molar-refractivity contribution in [3.05, 3.63) is 24.3 Å². The number of hydrogen-bond donors (Lipinski definition) is 2. The molecule has 6 heteroatoms. The molecule has 0 aromatic heterocycles.